The molecule has 0 bridgehead atoms. The Morgan fingerprint density at radius 3 is 2.62 bits per heavy atom. The Kier molecular flexibility index (Phi) is 8.59. The first-order chi connectivity index (χ1) is 20.5. The summed E-state index contributed by atoms with van der Waals surface area (Å²) in [5.74, 6) is 1.57. The van der Waals surface area contributed by atoms with Gasteiger partial charge in [0.2, 0.25) is 5.95 Å². The number of fused-ring (bicyclic) bond motifs is 1. The number of hydrogen-bond donors (Lipinski definition) is 1. The minimum absolute atomic E-state index is 0.00913. The Hall–Kier alpha value is -3.67. The molecule has 6 rings (SSSR count). The van der Waals surface area contributed by atoms with E-state index in [0.29, 0.717) is 23.3 Å². The Morgan fingerprint density at radius 1 is 1.14 bits per heavy atom. The van der Waals surface area contributed by atoms with Gasteiger partial charge in [0.25, 0.3) is 5.91 Å². The number of morpholine rings is 1. The number of rotatable bonds is 11. The normalized spacial score (nSPS) is 15.6. The summed E-state index contributed by atoms with van der Waals surface area (Å²) in [6.07, 6.45) is 5.97. The van der Waals surface area contributed by atoms with Gasteiger partial charge >= 0.3 is 0 Å². The Balaban J connectivity index is 1.35. The number of anilines is 1. The maximum atomic E-state index is 12.7. The van der Waals surface area contributed by atoms with Crippen LogP contribution in [0.2, 0.25) is 0 Å². The van der Waals surface area contributed by atoms with Crippen LogP contribution in [0, 0.1) is 6.92 Å². The highest BCUT2D eigenvalue weighted by Gasteiger charge is 2.25. The highest BCUT2D eigenvalue weighted by molar-refractivity contribution is 7.98. The van der Waals surface area contributed by atoms with Crippen molar-refractivity contribution in [3.8, 4) is 16.9 Å². The SMILES string of the molecule is COc1ccc(CN(CCN2CCOCC2)c2nc(SC)nc3c(-c4ccc(C(=O)NC5CC5)c(C)c4)cnn23)cc1. The number of ether oxygens (including phenoxy) is 2. The van der Waals surface area contributed by atoms with Crippen molar-refractivity contribution in [2.75, 3.05) is 57.7 Å². The second-order valence-corrected chi connectivity index (χ2v) is 11.6. The Labute approximate surface area is 250 Å². The monoisotopic (exact) mass is 587 g/mol. The lowest BCUT2D eigenvalue weighted by Crippen LogP contribution is -2.42. The summed E-state index contributed by atoms with van der Waals surface area (Å²) >= 11 is 1.51. The molecule has 1 aliphatic heterocycles. The van der Waals surface area contributed by atoms with E-state index in [2.05, 4.69) is 27.2 Å². The van der Waals surface area contributed by atoms with E-state index in [-0.39, 0.29) is 5.91 Å². The van der Waals surface area contributed by atoms with Gasteiger partial charge in [0.1, 0.15) is 5.75 Å². The van der Waals surface area contributed by atoms with Gasteiger partial charge in [-0.25, -0.2) is 4.98 Å². The van der Waals surface area contributed by atoms with E-state index in [1.807, 2.05) is 54.2 Å². The molecule has 11 heteroatoms. The summed E-state index contributed by atoms with van der Waals surface area (Å²) in [7, 11) is 1.68. The molecule has 1 saturated heterocycles. The van der Waals surface area contributed by atoms with Gasteiger partial charge in [-0.05, 0) is 60.9 Å². The molecule has 42 heavy (non-hydrogen) atoms. The molecule has 2 aromatic heterocycles. The molecule has 0 spiro atoms. The van der Waals surface area contributed by atoms with Crippen molar-refractivity contribution in [2.24, 2.45) is 0 Å². The fourth-order valence-corrected chi connectivity index (χ4v) is 5.56. The third-order valence-corrected chi connectivity index (χ3v) is 8.36. The van der Waals surface area contributed by atoms with E-state index in [4.69, 9.17) is 24.5 Å². The van der Waals surface area contributed by atoms with Crippen molar-refractivity contribution in [1.29, 1.82) is 0 Å². The van der Waals surface area contributed by atoms with Crippen LogP contribution in [0.15, 0.2) is 53.8 Å². The predicted octanol–water partition coefficient (Wildman–Crippen LogP) is 4.06. The lowest BCUT2D eigenvalue weighted by atomic mass is 10.0. The van der Waals surface area contributed by atoms with Crippen molar-refractivity contribution in [2.45, 2.75) is 37.5 Å². The second-order valence-electron chi connectivity index (χ2n) is 10.8. The first kappa shape index (κ1) is 28.4. The minimum Gasteiger partial charge on any atom is -0.497 e. The van der Waals surface area contributed by atoms with E-state index >= 15 is 0 Å². The van der Waals surface area contributed by atoms with Crippen molar-refractivity contribution in [3.63, 3.8) is 0 Å². The molecule has 0 atom stereocenters. The number of carbonyl (C=O) groups excluding carboxylic acids is 1. The predicted molar refractivity (Wildman–Crippen MR) is 165 cm³/mol. The number of hydrogen-bond acceptors (Lipinski definition) is 9. The molecule has 0 unspecified atom stereocenters. The van der Waals surface area contributed by atoms with Crippen molar-refractivity contribution < 1.29 is 14.3 Å². The molecule has 1 N–H and O–H groups in total. The molecule has 2 aromatic carbocycles. The fraction of sp³-hybridized carbons (Fsp3) is 0.419. The zero-order valence-electron chi connectivity index (χ0n) is 24.4. The molecule has 1 saturated carbocycles. The second kappa shape index (κ2) is 12.7. The number of aromatic nitrogens is 4. The van der Waals surface area contributed by atoms with Gasteiger partial charge in [0.15, 0.2) is 10.8 Å². The van der Waals surface area contributed by atoms with Crippen LogP contribution in [-0.4, -0.2) is 89.2 Å². The number of carbonyl (C=O) groups is 1. The number of nitrogens with zero attached hydrogens (tertiary/aromatic N) is 6. The molecule has 3 heterocycles. The molecule has 2 aliphatic rings. The van der Waals surface area contributed by atoms with Gasteiger partial charge in [-0.2, -0.15) is 14.6 Å². The lowest BCUT2D eigenvalue weighted by molar-refractivity contribution is 0.0391. The van der Waals surface area contributed by atoms with Gasteiger partial charge in [0, 0.05) is 49.9 Å². The summed E-state index contributed by atoms with van der Waals surface area (Å²) in [5, 5.41) is 8.57. The number of benzene rings is 2. The van der Waals surface area contributed by atoms with Crippen LogP contribution in [0.3, 0.4) is 0 Å². The Bertz CT molecular complexity index is 1550. The number of aryl methyl sites for hydroxylation is 1. The molecular formula is C31H37N7O3S. The number of methoxy groups -OCH3 is 1. The lowest BCUT2D eigenvalue weighted by Gasteiger charge is -2.30. The molecule has 1 amide bonds. The highest BCUT2D eigenvalue weighted by Crippen LogP contribution is 2.30. The number of amides is 1. The first-order valence-electron chi connectivity index (χ1n) is 14.4. The quantitative estimate of drug-likeness (QED) is 0.261. The van der Waals surface area contributed by atoms with Crippen LogP contribution in [-0.2, 0) is 11.3 Å². The summed E-state index contributed by atoms with van der Waals surface area (Å²) in [5.41, 5.74) is 5.40. The van der Waals surface area contributed by atoms with Crippen LogP contribution >= 0.6 is 11.8 Å². The van der Waals surface area contributed by atoms with Crippen LogP contribution < -0.4 is 15.0 Å². The smallest absolute Gasteiger partial charge is 0.251 e. The van der Waals surface area contributed by atoms with E-state index in [1.54, 1.807) is 7.11 Å². The molecule has 4 aromatic rings. The highest BCUT2D eigenvalue weighted by atomic mass is 32.2. The van der Waals surface area contributed by atoms with E-state index in [9.17, 15) is 4.79 Å². The standard InChI is InChI=1S/C31H37N7O3S/c1-21-18-23(6-11-26(21)29(39)33-24-7-8-24)27-19-32-38-28(27)34-30(42-3)35-31(38)37(13-12-36-14-16-41-17-15-36)20-22-4-9-25(40-2)10-5-22/h4-6,9-11,18-19,24H,7-8,12-17,20H2,1-3H3,(H,33,39). The van der Waals surface area contributed by atoms with Gasteiger partial charge < -0.3 is 19.7 Å². The van der Waals surface area contributed by atoms with Crippen LogP contribution in [0.5, 0.6) is 5.75 Å². The zero-order valence-corrected chi connectivity index (χ0v) is 25.2. The van der Waals surface area contributed by atoms with E-state index in [1.165, 1.54) is 11.8 Å². The van der Waals surface area contributed by atoms with E-state index < -0.39 is 0 Å². The zero-order chi connectivity index (χ0) is 29.1. The molecule has 2 fully saturated rings. The van der Waals surface area contributed by atoms with Crippen molar-refractivity contribution in [3.05, 3.63) is 65.4 Å². The molecule has 0 radical (unpaired) electrons. The molecular weight excluding hydrogens is 550 g/mol. The fourth-order valence-electron chi connectivity index (χ4n) is 5.21. The van der Waals surface area contributed by atoms with Gasteiger partial charge in [0.05, 0.1) is 26.5 Å². The minimum atomic E-state index is -0.00913. The first-order valence-corrected chi connectivity index (χ1v) is 15.6. The summed E-state index contributed by atoms with van der Waals surface area (Å²) < 4.78 is 12.8. The molecule has 10 nitrogen and oxygen atoms in total. The van der Waals surface area contributed by atoms with Gasteiger partial charge in [-0.15, -0.1) is 0 Å². The largest absolute Gasteiger partial charge is 0.497 e. The number of nitrogens with one attached hydrogen (secondary N) is 1. The number of thioether (sulfide) groups is 1. The van der Waals surface area contributed by atoms with Gasteiger partial charge in [-0.3, -0.25) is 9.69 Å². The third kappa shape index (κ3) is 6.38. The summed E-state index contributed by atoms with van der Waals surface area (Å²) in [6, 6.07) is 14.4. The Morgan fingerprint density at radius 2 is 1.93 bits per heavy atom. The average Bonchev–Trinajstić information content (AvgIpc) is 3.74. The van der Waals surface area contributed by atoms with Crippen molar-refractivity contribution >= 4 is 29.3 Å². The molecule has 1 aliphatic carbocycles. The molecule has 220 valence electrons. The van der Waals surface area contributed by atoms with E-state index in [0.717, 1.165) is 91.8 Å². The van der Waals surface area contributed by atoms with Crippen LogP contribution in [0.25, 0.3) is 16.8 Å². The van der Waals surface area contributed by atoms with Gasteiger partial charge in [-0.1, -0.05) is 36.0 Å². The maximum absolute atomic E-state index is 12.7. The van der Waals surface area contributed by atoms with Crippen molar-refractivity contribution in [1.82, 2.24) is 29.8 Å². The third-order valence-electron chi connectivity index (χ3n) is 7.81. The maximum Gasteiger partial charge on any atom is 0.251 e. The average molecular weight is 588 g/mol. The van der Waals surface area contributed by atoms with Crippen LogP contribution in [0.4, 0.5) is 5.95 Å². The summed E-state index contributed by atoms with van der Waals surface area (Å²) in [6.45, 7) is 7.66. The summed E-state index contributed by atoms with van der Waals surface area (Å²) in [4.78, 5) is 27.3. The topological polar surface area (TPSA) is 97.1 Å². The van der Waals surface area contributed by atoms with Crippen LogP contribution in [0.1, 0.15) is 34.3 Å².